The summed E-state index contributed by atoms with van der Waals surface area (Å²) in [7, 11) is 0. The van der Waals surface area contributed by atoms with Gasteiger partial charge in [0.1, 0.15) is 0 Å². The van der Waals surface area contributed by atoms with Gasteiger partial charge in [0.15, 0.2) is 11.6 Å². The van der Waals surface area contributed by atoms with Crippen LogP contribution in [0.15, 0.2) is 34.9 Å². The Morgan fingerprint density at radius 3 is 2.67 bits per heavy atom. The molecule has 0 saturated carbocycles. The highest BCUT2D eigenvalue weighted by atomic mass is 16.5. The molecule has 1 saturated heterocycles. The first-order chi connectivity index (χ1) is 11.7. The van der Waals surface area contributed by atoms with Crippen LogP contribution in [0.4, 0.5) is 0 Å². The number of nitrogens with zero attached hydrogens (tertiary/aromatic N) is 3. The molecule has 1 aromatic carbocycles. The van der Waals surface area contributed by atoms with E-state index in [-0.39, 0.29) is 17.7 Å². The first kappa shape index (κ1) is 16.8. The second kappa shape index (κ2) is 7.71. The maximum absolute atomic E-state index is 12.6. The van der Waals surface area contributed by atoms with Crippen molar-refractivity contribution in [3.8, 4) is 0 Å². The van der Waals surface area contributed by atoms with Gasteiger partial charge in [-0.05, 0) is 39.3 Å². The average molecular weight is 327 g/mol. The van der Waals surface area contributed by atoms with Gasteiger partial charge in [-0.3, -0.25) is 9.69 Å². The van der Waals surface area contributed by atoms with E-state index in [0.717, 1.165) is 50.2 Å². The molecule has 1 aliphatic heterocycles. The summed E-state index contributed by atoms with van der Waals surface area (Å²) in [5.74, 6) is 1.86. The highest BCUT2D eigenvalue weighted by molar-refractivity contribution is 5.97. The fourth-order valence-electron chi connectivity index (χ4n) is 3.31. The van der Waals surface area contributed by atoms with Crippen LogP contribution in [0.25, 0.3) is 0 Å². The summed E-state index contributed by atoms with van der Waals surface area (Å²) in [5.41, 5.74) is 0.824. The minimum absolute atomic E-state index is 0.107. The molecule has 1 aromatic heterocycles. The lowest BCUT2D eigenvalue weighted by Crippen LogP contribution is -2.38. The highest BCUT2D eigenvalue weighted by Crippen LogP contribution is 2.27. The van der Waals surface area contributed by atoms with Crippen molar-refractivity contribution in [3.05, 3.63) is 47.6 Å². The SMILES string of the molecule is CCCc1noc([C@@H](C)N2CCC(C(=O)c3ccccc3)CC2)n1. The molecule has 5 nitrogen and oxygen atoms in total. The second-order valence-electron chi connectivity index (χ2n) is 6.52. The third-order valence-corrected chi connectivity index (χ3v) is 4.82. The van der Waals surface area contributed by atoms with E-state index < -0.39 is 0 Å². The summed E-state index contributed by atoms with van der Waals surface area (Å²) in [6.45, 7) is 5.97. The number of aromatic nitrogens is 2. The largest absolute Gasteiger partial charge is 0.338 e. The standard InChI is InChI=1S/C19H25N3O2/c1-3-7-17-20-19(24-21-17)14(2)22-12-10-16(11-13-22)18(23)15-8-5-4-6-9-15/h4-6,8-9,14,16H,3,7,10-13H2,1-2H3/t14-/m1/s1. The Kier molecular flexibility index (Phi) is 5.41. The monoisotopic (exact) mass is 327 g/mol. The predicted octanol–water partition coefficient (Wildman–Crippen LogP) is 3.68. The summed E-state index contributed by atoms with van der Waals surface area (Å²) >= 11 is 0. The number of aryl methyl sites for hydroxylation is 1. The van der Waals surface area contributed by atoms with Crippen LogP contribution in [-0.2, 0) is 6.42 Å². The molecule has 128 valence electrons. The zero-order valence-electron chi connectivity index (χ0n) is 14.4. The maximum Gasteiger partial charge on any atom is 0.243 e. The van der Waals surface area contributed by atoms with Crippen molar-refractivity contribution < 1.29 is 9.32 Å². The van der Waals surface area contributed by atoms with Crippen molar-refractivity contribution in [3.63, 3.8) is 0 Å². The van der Waals surface area contributed by atoms with E-state index >= 15 is 0 Å². The van der Waals surface area contributed by atoms with Gasteiger partial charge in [0.05, 0.1) is 6.04 Å². The third-order valence-electron chi connectivity index (χ3n) is 4.82. The average Bonchev–Trinajstić information content (AvgIpc) is 3.10. The number of hydrogen-bond acceptors (Lipinski definition) is 5. The Labute approximate surface area is 143 Å². The summed E-state index contributed by atoms with van der Waals surface area (Å²) in [6, 6.07) is 9.71. The molecule has 0 amide bonds. The van der Waals surface area contributed by atoms with Crippen LogP contribution in [0, 0.1) is 5.92 Å². The minimum atomic E-state index is 0.107. The van der Waals surface area contributed by atoms with Gasteiger partial charge < -0.3 is 4.52 Å². The van der Waals surface area contributed by atoms with Crippen molar-refractivity contribution in [2.24, 2.45) is 5.92 Å². The van der Waals surface area contributed by atoms with Crippen LogP contribution in [0.2, 0.25) is 0 Å². The summed E-state index contributed by atoms with van der Waals surface area (Å²) < 4.78 is 5.41. The van der Waals surface area contributed by atoms with E-state index in [2.05, 4.69) is 28.9 Å². The lowest BCUT2D eigenvalue weighted by molar-refractivity contribution is 0.0774. The zero-order valence-corrected chi connectivity index (χ0v) is 14.4. The van der Waals surface area contributed by atoms with Gasteiger partial charge in [0, 0.05) is 17.9 Å². The van der Waals surface area contributed by atoms with Crippen LogP contribution < -0.4 is 0 Å². The van der Waals surface area contributed by atoms with Gasteiger partial charge in [0.25, 0.3) is 0 Å². The molecule has 2 heterocycles. The topological polar surface area (TPSA) is 59.2 Å². The second-order valence-corrected chi connectivity index (χ2v) is 6.52. The van der Waals surface area contributed by atoms with Crippen LogP contribution in [0.5, 0.6) is 0 Å². The number of likely N-dealkylation sites (tertiary alicyclic amines) is 1. The third kappa shape index (κ3) is 3.73. The van der Waals surface area contributed by atoms with Gasteiger partial charge in [-0.1, -0.05) is 42.4 Å². The number of Topliss-reactive ketones (excluding diaryl/α,β-unsaturated/α-hetero) is 1. The van der Waals surface area contributed by atoms with E-state index in [1.807, 2.05) is 30.3 Å². The molecule has 0 bridgehead atoms. The van der Waals surface area contributed by atoms with Crippen molar-refractivity contribution in [1.29, 1.82) is 0 Å². The Bertz CT molecular complexity index is 660. The van der Waals surface area contributed by atoms with Gasteiger partial charge in [-0.25, -0.2) is 0 Å². The maximum atomic E-state index is 12.6. The molecule has 1 atom stereocenters. The molecule has 5 heteroatoms. The van der Waals surface area contributed by atoms with Crippen molar-refractivity contribution in [2.75, 3.05) is 13.1 Å². The number of piperidine rings is 1. The molecule has 0 N–H and O–H groups in total. The van der Waals surface area contributed by atoms with Crippen LogP contribution >= 0.6 is 0 Å². The van der Waals surface area contributed by atoms with Gasteiger partial charge in [-0.15, -0.1) is 0 Å². The van der Waals surface area contributed by atoms with Crippen molar-refractivity contribution in [1.82, 2.24) is 15.0 Å². The summed E-state index contributed by atoms with van der Waals surface area (Å²) in [5, 5.41) is 4.04. The Balaban J connectivity index is 1.57. The molecular formula is C19H25N3O2. The Morgan fingerprint density at radius 2 is 2.00 bits per heavy atom. The molecule has 2 aromatic rings. The number of carbonyl (C=O) groups is 1. The molecule has 1 fully saturated rings. The van der Waals surface area contributed by atoms with E-state index in [9.17, 15) is 4.79 Å². The molecule has 0 aliphatic carbocycles. The van der Waals surface area contributed by atoms with Gasteiger partial charge in [-0.2, -0.15) is 4.98 Å². The number of rotatable bonds is 6. The van der Waals surface area contributed by atoms with E-state index in [1.54, 1.807) is 0 Å². The quantitative estimate of drug-likeness (QED) is 0.758. The fraction of sp³-hybridized carbons (Fsp3) is 0.526. The first-order valence-electron chi connectivity index (χ1n) is 8.84. The number of ketones is 1. The van der Waals surface area contributed by atoms with Crippen LogP contribution in [0.1, 0.15) is 61.2 Å². The molecule has 3 rings (SSSR count). The summed E-state index contributed by atoms with van der Waals surface area (Å²) in [4.78, 5) is 19.4. The molecule has 24 heavy (non-hydrogen) atoms. The van der Waals surface area contributed by atoms with Crippen LogP contribution in [-0.4, -0.2) is 33.9 Å². The van der Waals surface area contributed by atoms with E-state index in [1.165, 1.54) is 0 Å². The van der Waals surface area contributed by atoms with Crippen LogP contribution in [0.3, 0.4) is 0 Å². The minimum Gasteiger partial charge on any atom is -0.338 e. The fourth-order valence-corrected chi connectivity index (χ4v) is 3.31. The first-order valence-corrected chi connectivity index (χ1v) is 8.84. The summed E-state index contributed by atoms with van der Waals surface area (Å²) in [6.07, 6.45) is 3.63. The molecule has 0 unspecified atom stereocenters. The predicted molar refractivity (Wildman–Crippen MR) is 91.8 cm³/mol. The van der Waals surface area contributed by atoms with Crippen molar-refractivity contribution >= 4 is 5.78 Å². The molecule has 0 spiro atoms. The normalized spacial score (nSPS) is 17.8. The van der Waals surface area contributed by atoms with E-state index in [0.29, 0.717) is 5.89 Å². The lowest BCUT2D eigenvalue weighted by Gasteiger charge is -2.33. The lowest BCUT2D eigenvalue weighted by atomic mass is 9.88. The number of benzene rings is 1. The van der Waals surface area contributed by atoms with Crippen molar-refractivity contribution in [2.45, 2.75) is 45.6 Å². The molecule has 0 radical (unpaired) electrons. The number of hydrogen-bond donors (Lipinski definition) is 0. The molecular weight excluding hydrogens is 302 g/mol. The molecule has 1 aliphatic rings. The zero-order chi connectivity index (χ0) is 16.9. The Hall–Kier alpha value is -2.01. The van der Waals surface area contributed by atoms with E-state index in [4.69, 9.17) is 4.52 Å². The number of carbonyl (C=O) groups excluding carboxylic acids is 1. The van der Waals surface area contributed by atoms with Gasteiger partial charge in [0.2, 0.25) is 5.89 Å². The van der Waals surface area contributed by atoms with Gasteiger partial charge >= 0.3 is 0 Å². The smallest absolute Gasteiger partial charge is 0.243 e. The Morgan fingerprint density at radius 1 is 1.29 bits per heavy atom. The highest BCUT2D eigenvalue weighted by Gasteiger charge is 2.30.